The monoisotopic (exact) mass is 261 g/mol. The molecule has 1 atom stereocenters. The van der Waals surface area contributed by atoms with Gasteiger partial charge in [-0.1, -0.05) is 13.0 Å². The van der Waals surface area contributed by atoms with Crippen LogP contribution in [0.3, 0.4) is 0 Å². The molecule has 0 radical (unpaired) electrons. The van der Waals surface area contributed by atoms with Crippen LogP contribution in [0.5, 0.6) is 0 Å². The maximum atomic E-state index is 4.53. The standard InChI is InChI=1S/C14H19N3S/c1-4-15-14(7-13-9-18-11(3)17-13)12-6-5-10(2)16-8-12/h5-6,8-9,14-15H,4,7H2,1-3H3. The summed E-state index contributed by atoms with van der Waals surface area (Å²) in [6, 6.07) is 4.51. The first-order chi connectivity index (χ1) is 8.69. The maximum Gasteiger partial charge on any atom is 0.0897 e. The SMILES string of the molecule is CCNC(Cc1csc(C)n1)c1ccc(C)nc1. The molecule has 0 amide bonds. The fourth-order valence-electron chi connectivity index (χ4n) is 1.95. The van der Waals surface area contributed by atoms with Crippen molar-refractivity contribution in [1.82, 2.24) is 15.3 Å². The molecular weight excluding hydrogens is 242 g/mol. The third-order valence-electron chi connectivity index (χ3n) is 2.87. The Hall–Kier alpha value is -1.26. The summed E-state index contributed by atoms with van der Waals surface area (Å²) in [4.78, 5) is 8.91. The first kappa shape index (κ1) is 13.2. The fourth-order valence-corrected chi connectivity index (χ4v) is 2.58. The molecule has 4 heteroatoms. The largest absolute Gasteiger partial charge is 0.310 e. The molecule has 0 aromatic carbocycles. The Morgan fingerprint density at radius 3 is 2.72 bits per heavy atom. The molecule has 0 aliphatic heterocycles. The van der Waals surface area contributed by atoms with Gasteiger partial charge in [0.2, 0.25) is 0 Å². The molecule has 0 saturated carbocycles. The summed E-state index contributed by atoms with van der Waals surface area (Å²) in [7, 11) is 0. The Kier molecular flexibility index (Phi) is 4.44. The van der Waals surface area contributed by atoms with Crippen LogP contribution < -0.4 is 5.32 Å². The van der Waals surface area contributed by atoms with Gasteiger partial charge in [0.05, 0.1) is 10.7 Å². The molecule has 2 aromatic rings. The second-order valence-corrected chi connectivity index (χ2v) is 5.47. The van der Waals surface area contributed by atoms with E-state index in [-0.39, 0.29) is 0 Å². The average Bonchev–Trinajstić information content (AvgIpc) is 2.75. The molecule has 3 nitrogen and oxygen atoms in total. The van der Waals surface area contributed by atoms with Crippen molar-refractivity contribution in [1.29, 1.82) is 0 Å². The second-order valence-electron chi connectivity index (χ2n) is 4.41. The number of nitrogens with zero attached hydrogens (tertiary/aromatic N) is 2. The molecule has 2 heterocycles. The summed E-state index contributed by atoms with van der Waals surface area (Å²) >= 11 is 1.71. The van der Waals surface area contributed by atoms with Gasteiger partial charge in [-0.2, -0.15) is 0 Å². The van der Waals surface area contributed by atoms with Crippen molar-refractivity contribution >= 4 is 11.3 Å². The van der Waals surface area contributed by atoms with Gasteiger partial charge in [-0.25, -0.2) is 4.98 Å². The smallest absolute Gasteiger partial charge is 0.0897 e. The molecule has 0 saturated heterocycles. The van der Waals surface area contributed by atoms with Gasteiger partial charge in [-0.3, -0.25) is 4.98 Å². The normalized spacial score (nSPS) is 12.6. The van der Waals surface area contributed by atoms with Crippen LogP contribution in [0.25, 0.3) is 0 Å². The van der Waals surface area contributed by atoms with Gasteiger partial charge < -0.3 is 5.32 Å². The summed E-state index contributed by atoms with van der Waals surface area (Å²) in [5.41, 5.74) is 3.44. The zero-order valence-corrected chi connectivity index (χ0v) is 11.9. The maximum absolute atomic E-state index is 4.53. The first-order valence-electron chi connectivity index (χ1n) is 6.26. The van der Waals surface area contributed by atoms with Crippen molar-refractivity contribution < 1.29 is 0 Å². The average molecular weight is 261 g/mol. The Labute approximate surface area is 112 Å². The molecule has 1 unspecified atom stereocenters. The summed E-state index contributed by atoms with van der Waals surface area (Å²) in [5, 5.41) is 6.77. The van der Waals surface area contributed by atoms with Crippen LogP contribution in [0.15, 0.2) is 23.7 Å². The third kappa shape index (κ3) is 3.37. The predicted molar refractivity (Wildman–Crippen MR) is 75.9 cm³/mol. The molecule has 2 aromatic heterocycles. The van der Waals surface area contributed by atoms with Gasteiger partial charge in [-0.15, -0.1) is 11.3 Å². The molecule has 18 heavy (non-hydrogen) atoms. The van der Waals surface area contributed by atoms with Gasteiger partial charge in [0.25, 0.3) is 0 Å². The molecule has 0 bridgehead atoms. The number of rotatable bonds is 5. The van der Waals surface area contributed by atoms with Gasteiger partial charge in [0.1, 0.15) is 0 Å². The highest BCUT2D eigenvalue weighted by molar-refractivity contribution is 7.09. The number of thiazole rings is 1. The number of hydrogen-bond acceptors (Lipinski definition) is 4. The van der Waals surface area contributed by atoms with Gasteiger partial charge in [-0.05, 0) is 32.0 Å². The quantitative estimate of drug-likeness (QED) is 0.899. The van der Waals surface area contributed by atoms with E-state index in [9.17, 15) is 0 Å². The van der Waals surface area contributed by atoms with Crippen molar-refractivity contribution in [2.75, 3.05) is 6.54 Å². The molecule has 2 rings (SSSR count). The number of aromatic nitrogens is 2. The highest BCUT2D eigenvalue weighted by Crippen LogP contribution is 2.19. The Balaban J connectivity index is 2.14. The van der Waals surface area contributed by atoms with Crippen LogP contribution in [-0.4, -0.2) is 16.5 Å². The fraction of sp³-hybridized carbons (Fsp3) is 0.429. The van der Waals surface area contributed by atoms with Crippen molar-refractivity contribution in [3.8, 4) is 0 Å². The van der Waals surface area contributed by atoms with E-state index in [0.29, 0.717) is 6.04 Å². The van der Waals surface area contributed by atoms with Crippen LogP contribution in [0.4, 0.5) is 0 Å². The van der Waals surface area contributed by atoms with Crippen molar-refractivity contribution in [2.45, 2.75) is 33.2 Å². The van der Waals surface area contributed by atoms with E-state index in [0.717, 1.165) is 29.4 Å². The van der Waals surface area contributed by atoms with E-state index in [1.165, 1.54) is 5.56 Å². The van der Waals surface area contributed by atoms with Gasteiger partial charge in [0, 0.05) is 29.7 Å². The predicted octanol–water partition coefficient (Wildman–Crippen LogP) is 3.05. The van der Waals surface area contributed by atoms with Gasteiger partial charge in [0.15, 0.2) is 0 Å². The van der Waals surface area contributed by atoms with E-state index in [4.69, 9.17) is 0 Å². The molecule has 0 spiro atoms. The zero-order chi connectivity index (χ0) is 13.0. The third-order valence-corrected chi connectivity index (χ3v) is 3.69. The Bertz CT molecular complexity index is 490. The van der Waals surface area contributed by atoms with Crippen molar-refractivity contribution in [3.63, 3.8) is 0 Å². The molecule has 0 fully saturated rings. The van der Waals surface area contributed by atoms with Crippen LogP contribution in [0.1, 0.15) is 34.9 Å². The highest BCUT2D eigenvalue weighted by atomic mass is 32.1. The van der Waals surface area contributed by atoms with Crippen LogP contribution in [0, 0.1) is 13.8 Å². The minimum Gasteiger partial charge on any atom is -0.310 e. The van der Waals surface area contributed by atoms with E-state index < -0.39 is 0 Å². The molecule has 0 aliphatic rings. The summed E-state index contributed by atoms with van der Waals surface area (Å²) in [6.45, 7) is 7.13. The lowest BCUT2D eigenvalue weighted by Gasteiger charge is -2.17. The lowest BCUT2D eigenvalue weighted by Crippen LogP contribution is -2.23. The summed E-state index contributed by atoms with van der Waals surface area (Å²) in [6.07, 6.45) is 2.88. The zero-order valence-electron chi connectivity index (χ0n) is 11.1. The van der Waals surface area contributed by atoms with E-state index in [1.54, 1.807) is 11.3 Å². The van der Waals surface area contributed by atoms with Crippen molar-refractivity contribution in [2.24, 2.45) is 0 Å². The number of likely N-dealkylation sites (N-methyl/N-ethyl adjacent to an activating group) is 1. The Morgan fingerprint density at radius 2 is 2.17 bits per heavy atom. The Morgan fingerprint density at radius 1 is 1.33 bits per heavy atom. The van der Waals surface area contributed by atoms with Crippen LogP contribution >= 0.6 is 11.3 Å². The topological polar surface area (TPSA) is 37.8 Å². The number of aryl methyl sites for hydroxylation is 2. The minimum atomic E-state index is 0.296. The van der Waals surface area contributed by atoms with E-state index >= 15 is 0 Å². The molecule has 0 aliphatic carbocycles. The summed E-state index contributed by atoms with van der Waals surface area (Å²) < 4.78 is 0. The first-order valence-corrected chi connectivity index (χ1v) is 7.14. The van der Waals surface area contributed by atoms with E-state index in [2.05, 4.69) is 39.7 Å². The minimum absolute atomic E-state index is 0.296. The highest BCUT2D eigenvalue weighted by Gasteiger charge is 2.13. The van der Waals surface area contributed by atoms with E-state index in [1.807, 2.05) is 20.0 Å². The number of hydrogen-bond donors (Lipinski definition) is 1. The van der Waals surface area contributed by atoms with Crippen LogP contribution in [-0.2, 0) is 6.42 Å². The van der Waals surface area contributed by atoms with Crippen molar-refractivity contribution in [3.05, 3.63) is 45.7 Å². The number of pyridine rings is 1. The van der Waals surface area contributed by atoms with Crippen LogP contribution in [0.2, 0.25) is 0 Å². The number of nitrogens with one attached hydrogen (secondary N) is 1. The molecule has 96 valence electrons. The lowest BCUT2D eigenvalue weighted by atomic mass is 10.0. The van der Waals surface area contributed by atoms with Gasteiger partial charge >= 0.3 is 0 Å². The summed E-state index contributed by atoms with van der Waals surface area (Å²) in [5.74, 6) is 0. The second kappa shape index (κ2) is 6.07. The lowest BCUT2D eigenvalue weighted by molar-refractivity contribution is 0.543. The molecule has 1 N–H and O–H groups in total. The molecular formula is C14H19N3S.